The summed E-state index contributed by atoms with van der Waals surface area (Å²) in [5.74, 6) is 0.664. The van der Waals surface area contributed by atoms with Crippen molar-refractivity contribution in [1.29, 1.82) is 0 Å². The molecule has 0 saturated carbocycles. The summed E-state index contributed by atoms with van der Waals surface area (Å²) >= 11 is 1.23. The first-order valence-corrected chi connectivity index (χ1v) is 8.88. The molecule has 0 unspecified atom stereocenters. The van der Waals surface area contributed by atoms with E-state index in [1.54, 1.807) is 31.6 Å². The van der Waals surface area contributed by atoms with E-state index in [1.807, 2.05) is 10.6 Å². The van der Waals surface area contributed by atoms with Gasteiger partial charge in [-0.05, 0) is 30.4 Å². The Balaban J connectivity index is 1.67. The fraction of sp³-hybridized carbons (Fsp3) is 0.353. The lowest BCUT2D eigenvalue weighted by atomic mass is 9.97. The van der Waals surface area contributed by atoms with Crippen LogP contribution in [0.15, 0.2) is 30.7 Å². The highest BCUT2D eigenvalue weighted by atomic mass is 32.1. The smallest absolute Gasteiger partial charge is 0.261 e. The molecule has 0 atom stereocenters. The molecule has 0 spiro atoms. The highest BCUT2D eigenvalue weighted by Gasteiger charge is 2.21. The molecule has 1 amide bonds. The van der Waals surface area contributed by atoms with E-state index in [0.717, 1.165) is 37.4 Å². The second-order valence-electron chi connectivity index (χ2n) is 5.90. The van der Waals surface area contributed by atoms with Crippen molar-refractivity contribution in [3.63, 3.8) is 0 Å². The number of hydrogen-bond donors (Lipinski definition) is 1. The number of rotatable bonds is 4. The van der Waals surface area contributed by atoms with Crippen LogP contribution in [-0.2, 0) is 4.74 Å². The van der Waals surface area contributed by atoms with Crippen LogP contribution >= 0.6 is 11.5 Å². The Kier molecular flexibility index (Phi) is 4.37. The van der Waals surface area contributed by atoms with Gasteiger partial charge in [0.15, 0.2) is 0 Å². The van der Waals surface area contributed by atoms with Crippen LogP contribution in [0.25, 0.3) is 5.65 Å². The third kappa shape index (κ3) is 3.22. The summed E-state index contributed by atoms with van der Waals surface area (Å²) in [6.45, 7) is 1.54. The van der Waals surface area contributed by atoms with Gasteiger partial charge in [0.2, 0.25) is 0 Å². The predicted molar refractivity (Wildman–Crippen MR) is 94.6 cm³/mol. The van der Waals surface area contributed by atoms with Crippen LogP contribution in [0.5, 0.6) is 5.75 Å². The molecule has 25 heavy (non-hydrogen) atoms. The summed E-state index contributed by atoms with van der Waals surface area (Å²) in [4.78, 5) is 17.3. The molecule has 1 aliphatic heterocycles. The predicted octanol–water partition coefficient (Wildman–Crippen LogP) is 2.95. The van der Waals surface area contributed by atoms with Gasteiger partial charge in [0.25, 0.3) is 5.91 Å². The number of aromatic nitrogens is 3. The molecule has 1 N–H and O–H groups in total. The summed E-state index contributed by atoms with van der Waals surface area (Å²) in [6.07, 6.45) is 7.35. The molecule has 0 radical (unpaired) electrons. The monoisotopic (exact) mass is 358 g/mol. The number of anilines is 1. The van der Waals surface area contributed by atoms with Gasteiger partial charge in [0, 0.05) is 43.8 Å². The van der Waals surface area contributed by atoms with Gasteiger partial charge in [0.05, 0.1) is 18.4 Å². The zero-order valence-electron chi connectivity index (χ0n) is 13.8. The van der Waals surface area contributed by atoms with Crippen LogP contribution in [0.4, 0.5) is 5.00 Å². The van der Waals surface area contributed by atoms with Crippen molar-refractivity contribution >= 4 is 28.1 Å². The number of ether oxygens (including phenoxy) is 2. The largest absolute Gasteiger partial charge is 0.496 e. The second-order valence-corrected chi connectivity index (χ2v) is 6.74. The summed E-state index contributed by atoms with van der Waals surface area (Å²) in [6, 6.07) is 3.55. The molecular weight excluding hydrogens is 340 g/mol. The Morgan fingerprint density at radius 1 is 1.40 bits per heavy atom. The number of carbonyl (C=O) groups is 1. The quantitative estimate of drug-likeness (QED) is 0.776. The van der Waals surface area contributed by atoms with Crippen LogP contribution in [-0.4, -0.2) is 40.0 Å². The van der Waals surface area contributed by atoms with Gasteiger partial charge in [-0.15, -0.1) is 0 Å². The molecule has 0 bridgehead atoms. The van der Waals surface area contributed by atoms with E-state index in [0.29, 0.717) is 22.2 Å². The molecule has 1 saturated heterocycles. The average molecular weight is 358 g/mol. The fourth-order valence-corrected chi connectivity index (χ4v) is 3.52. The first-order valence-electron chi connectivity index (χ1n) is 8.11. The number of imidazole rings is 1. The Hall–Kier alpha value is -2.45. The van der Waals surface area contributed by atoms with Gasteiger partial charge < -0.3 is 19.2 Å². The van der Waals surface area contributed by atoms with E-state index in [4.69, 9.17) is 14.5 Å². The highest BCUT2D eigenvalue weighted by molar-refractivity contribution is 7.10. The Labute approximate surface area is 148 Å². The molecule has 1 aliphatic rings. The number of pyridine rings is 1. The lowest BCUT2D eigenvalue weighted by Crippen LogP contribution is -2.14. The number of methoxy groups -OCH3 is 1. The maximum absolute atomic E-state index is 12.6. The minimum absolute atomic E-state index is 0.232. The van der Waals surface area contributed by atoms with Crippen LogP contribution in [0, 0.1) is 0 Å². The zero-order valence-corrected chi connectivity index (χ0v) is 14.6. The Morgan fingerprint density at radius 2 is 2.24 bits per heavy atom. The first-order chi connectivity index (χ1) is 12.2. The summed E-state index contributed by atoms with van der Waals surface area (Å²) < 4.78 is 16.7. The molecule has 7 nitrogen and oxygen atoms in total. The molecule has 0 aromatic carbocycles. The molecule has 8 heteroatoms. The van der Waals surface area contributed by atoms with Gasteiger partial charge in [0.1, 0.15) is 16.4 Å². The van der Waals surface area contributed by atoms with Crippen LogP contribution < -0.4 is 10.1 Å². The summed E-state index contributed by atoms with van der Waals surface area (Å²) in [5, 5.41) is 3.53. The maximum atomic E-state index is 12.6. The van der Waals surface area contributed by atoms with Gasteiger partial charge in [-0.3, -0.25) is 4.79 Å². The SMILES string of the molecule is COc1cc2nc(C3CCOCC3)cn2cc1C(=O)Nc1ccns1. The number of nitrogens with zero attached hydrogens (tertiary/aromatic N) is 3. The molecule has 1 fully saturated rings. The van der Waals surface area contributed by atoms with Gasteiger partial charge in [-0.25, -0.2) is 4.98 Å². The van der Waals surface area contributed by atoms with Crippen molar-refractivity contribution in [3.05, 3.63) is 42.0 Å². The molecule has 130 valence electrons. The highest BCUT2D eigenvalue weighted by Crippen LogP contribution is 2.28. The zero-order chi connectivity index (χ0) is 17.2. The van der Waals surface area contributed by atoms with Crippen LogP contribution in [0.3, 0.4) is 0 Å². The third-order valence-corrected chi connectivity index (χ3v) is 5.01. The van der Waals surface area contributed by atoms with Crippen molar-refractivity contribution in [1.82, 2.24) is 13.8 Å². The van der Waals surface area contributed by atoms with E-state index < -0.39 is 0 Å². The van der Waals surface area contributed by atoms with Crippen molar-refractivity contribution in [2.24, 2.45) is 0 Å². The normalized spacial score (nSPS) is 15.4. The van der Waals surface area contributed by atoms with E-state index in [1.165, 1.54) is 11.5 Å². The average Bonchev–Trinajstić information content (AvgIpc) is 3.30. The minimum atomic E-state index is -0.232. The fourth-order valence-electron chi connectivity index (χ4n) is 3.02. The molecular formula is C17H18N4O3S. The molecule has 3 aromatic heterocycles. The lowest BCUT2D eigenvalue weighted by molar-refractivity contribution is 0.0846. The van der Waals surface area contributed by atoms with Crippen LogP contribution in [0.2, 0.25) is 0 Å². The van der Waals surface area contributed by atoms with Crippen molar-refractivity contribution < 1.29 is 14.3 Å². The number of fused-ring (bicyclic) bond motifs is 1. The molecule has 0 aliphatic carbocycles. The minimum Gasteiger partial charge on any atom is -0.496 e. The number of carbonyl (C=O) groups excluding carboxylic acids is 1. The second kappa shape index (κ2) is 6.81. The third-order valence-electron chi connectivity index (χ3n) is 4.35. The molecule has 4 heterocycles. The van der Waals surface area contributed by atoms with Gasteiger partial charge >= 0.3 is 0 Å². The number of nitrogens with one attached hydrogen (secondary N) is 1. The topological polar surface area (TPSA) is 77.8 Å². The van der Waals surface area contributed by atoms with E-state index >= 15 is 0 Å². The van der Waals surface area contributed by atoms with Gasteiger partial charge in [-0.2, -0.15) is 4.37 Å². The molecule has 3 aromatic rings. The lowest BCUT2D eigenvalue weighted by Gasteiger charge is -2.19. The van der Waals surface area contributed by atoms with Crippen LogP contribution in [0.1, 0.15) is 34.8 Å². The van der Waals surface area contributed by atoms with E-state index in [-0.39, 0.29) is 5.91 Å². The van der Waals surface area contributed by atoms with Crippen molar-refractivity contribution in [3.8, 4) is 5.75 Å². The van der Waals surface area contributed by atoms with E-state index in [2.05, 4.69) is 9.69 Å². The first kappa shape index (κ1) is 16.0. The van der Waals surface area contributed by atoms with Crippen molar-refractivity contribution in [2.45, 2.75) is 18.8 Å². The number of hydrogen-bond acceptors (Lipinski definition) is 6. The molecule has 4 rings (SSSR count). The summed E-state index contributed by atoms with van der Waals surface area (Å²) in [5.41, 5.74) is 2.26. The standard InChI is InChI=1S/C17H18N4O3S/c1-23-14-8-15-19-13(11-3-6-24-7-4-11)10-21(15)9-12(14)17(22)20-16-2-5-18-25-16/h2,5,8-11H,3-4,6-7H2,1H3,(H,20,22). The van der Waals surface area contributed by atoms with E-state index in [9.17, 15) is 4.79 Å². The van der Waals surface area contributed by atoms with Crippen molar-refractivity contribution in [2.75, 3.05) is 25.6 Å². The Bertz CT molecular complexity index is 885. The van der Waals surface area contributed by atoms with Gasteiger partial charge in [-0.1, -0.05) is 0 Å². The Morgan fingerprint density at radius 3 is 2.96 bits per heavy atom. The maximum Gasteiger partial charge on any atom is 0.261 e. The number of amides is 1. The summed E-state index contributed by atoms with van der Waals surface area (Å²) in [7, 11) is 1.55.